The van der Waals surface area contributed by atoms with Crippen molar-refractivity contribution in [3.8, 4) is 5.75 Å². The summed E-state index contributed by atoms with van der Waals surface area (Å²) in [5.41, 5.74) is 3.16. The summed E-state index contributed by atoms with van der Waals surface area (Å²) in [5, 5.41) is 13.5. The van der Waals surface area contributed by atoms with Gasteiger partial charge in [-0.05, 0) is 72.6 Å². The lowest BCUT2D eigenvalue weighted by atomic mass is 9.87. The van der Waals surface area contributed by atoms with Crippen LogP contribution in [0.15, 0.2) is 30.3 Å². The number of phenolic OH excluding ortho intramolecular Hbond substituents is 1. The maximum atomic E-state index is 13.8. The summed E-state index contributed by atoms with van der Waals surface area (Å²) < 4.78 is 27.2. The smallest absolute Gasteiger partial charge is 0.221 e. The van der Waals surface area contributed by atoms with Gasteiger partial charge in [-0.25, -0.2) is 8.78 Å². The summed E-state index contributed by atoms with van der Waals surface area (Å²) in [7, 11) is 0. The van der Waals surface area contributed by atoms with Crippen LogP contribution in [0.5, 0.6) is 5.75 Å². The second-order valence-electron chi connectivity index (χ2n) is 7.66. The van der Waals surface area contributed by atoms with E-state index in [2.05, 4.69) is 5.32 Å². The molecule has 0 saturated heterocycles. The molecule has 0 aromatic heterocycles. The standard InChI is InChI=1S/C22H25F2NO2/c1-13(2)9-21(27)25-22(16-7-8-18(23)19(24)11-16)17-10-14-5-3-4-6-15(14)12-20(17)26/h7-8,10-13,22,26H,3-6,9H2,1-2H3,(H,25,27). The quantitative estimate of drug-likeness (QED) is 0.791. The van der Waals surface area contributed by atoms with Crippen LogP contribution in [0.4, 0.5) is 8.78 Å². The Kier molecular flexibility index (Phi) is 5.78. The largest absolute Gasteiger partial charge is 0.508 e. The van der Waals surface area contributed by atoms with E-state index in [4.69, 9.17) is 0 Å². The van der Waals surface area contributed by atoms with E-state index >= 15 is 0 Å². The monoisotopic (exact) mass is 373 g/mol. The molecule has 0 bridgehead atoms. The first-order chi connectivity index (χ1) is 12.8. The fraction of sp³-hybridized carbons (Fsp3) is 0.409. The van der Waals surface area contributed by atoms with E-state index in [0.717, 1.165) is 48.9 Å². The van der Waals surface area contributed by atoms with Crippen molar-refractivity contribution in [1.82, 2.24) is 5.32 Å². The van der Waals surface area contributed by atoms with Crippen molar-refractivity contribution < 1.29 is 18.7 Å². The minimum Gasteiger partial charge on any atom is -0.508 e. The van der Waals surface area contributed by atoms with Crippen LogP contribution in [0.25, 0.3) is 0 Å². The second kappa shape index (κ2) is 8.07. The predicted octanol–water partition coefficient (Wildman–Crippen LogP) is 4.80. The third kappa shape index (κ3) is 4.46. The van der Waals surface area contributed by atoms with Crippen LogP contribution in [-0.2, 0) is 17.6 Å². The third-order valence-corrected chi connectivity index (χ3v) is 4.98. The topological polar surface area (TPSA) is 49.3 Å². The van der Waals surface area contributed by atoms with Crippen molar-refractivity contribution in [2.24, 2.45) is 5.92 Å². The number of aromatic hydroxyl groups is 1. The van der Waals surface area contributed by atoms with Crippen LogP contribution in [0.3, 0.4) is 0 Å². The normalized spacial score (nSPS) is 14.7. The van der Waals surface area contributed by atoms with Crippen LogP contribution in [0.1, 0.15) is 61.4 Å². The van der Waals surface area contributed by atoms with Crippen molar-refractivity contribution in [2.75, 3.05) is 0 Å². The van der Waals surface area contributed by atoms with E-state index in [1.807, 2.05) is 19.9 Å². The van der Waals surface area contributed by atoms with Crippen LogP contribution in [0.2, 0.25) is 0 Å². The summed E-state index contributed by atoms with van der Waals surface area (Å²) in [6, 6.07) is 6.46. The van der Waals surface area contributed by atoms with E-state index in [9.17, 15) is 18.7 Å². The van der Waals surface area contributed by atoms with Crippen LogP contribution in [0, 0.1) is 17.6 Å². The maximum absolute atomic E-state index is 13.8. The van der Waals surface area contributed by atoms with Gasteiger partial charge in [0, 0.05) is 12.0 Å². The Bertz CT molecular complexity index is 848. The van der Waals surface area contributed by atoms with E-state index < -0.39 is 17.7 Å². The molecule has 27 heavy (non-hydrogen) atoms. The molecule has 0 fully saturated rings. The highest BCUT2D eigenvalue weighted by Crippen LogP contribution is 2.35. The molecule has 2 aromatic carbocycles. The SMILES string of the molecule is CC(C)CC(=O)NC(c1ccc(F)c(F)c1)c1cc2c(cc1O)CCCC2. The number of aryl methyl sites for hydroxylation is 2. The van der Waals surface area contributed by atoms with Gasteiger partial charge in [0.2, 0.25) is 5.91 Å². The minimum atomic E-state index is -0.979. The van der Waals surface area contributed by atoms with E-state index in [1.54, 1.807) is 6.07 Å². The molecule has 0 saturated carbocycles. The lowest BCUT2D eigenvalue weighted by Crippen LogP contribution is -2.30. The average Bonchev–Trinajstić information content (AvgIpc) is 2.61. The number of carbonyl (C=O) groups excluding carboxylic acids is 1. The van der Waals surface area contributed by atoms with E-state index in [-0.39, 0.29) is 17.6 Å². The number of halogens is 2. The summed E-state index contributed by atoms with van der Waals surface area (Å²) in [6.07, 6.45) is 4.30. The van der Waals surface area contributed by atoms with E-state index in [0.29, 0.717) is 17.5 Å². The van der Waals surface area contributed by atoms with Crippen molar-refractivity contribution in [3.05, 3.63) is 64.2 Å². The van der Waals surface area contributed by atoms with Crippen molar-refractivity contribution >= 4 is 5.91 Å². The molecule has 0 aliphatic heterocycles. The molecule has 0 radical (unpaired) electrons. The molecule has 3 nitrogen and oxygen atoms in total. The number of phenols is 1. The molecule has 2 N–H and O–H groups in total. The average molecular weight is 373 g/mol. The maximum Gasteiger partial charge on any atom is 0.221 e. The van der Waals surface area contributed by atoms with Gasteiger partial charge in [0.05, 0.1) is 6.04 Å². The Labute approximate surface area is 158 Å². The predicted molar refractivity (Wildman–Crippen MR) is 101 cm³/mol. The molecular formula is C22H25F2NO2. The van der Waals surface area contributed by atoms with Gasteiger partial charge in [0.15, 0.2) is 11.6 Å². The lowest BCUT2D eigenvalue weighted by molar-refractivity contribution is -0.122. The first kappa shape index (κ1) is 19.3. The zero-order valence-electron chi connectivity index (χ0n) is 15.7. The minimum absolute atomic E-state index is 0.0650. The summed E-state index contributed by atoms with van der Waals surface area (Å²) in [4.78, 5) is 12.4. The highest BCUT2D eigenvalue weighted by Gasteiger charge is 2.24. The van der Waals surface area contributed by atoms with Gasteiger partial charge >= 0.3 is 0 Å². The van der Waals surface area contributed by atoms with Crippen LogP contribution in [-0.4, -0.2) is 11.0 Å². The fourth-order valence-corrected chi connectivity index (χ4v) is 3.65. The third-order valence-electron chi connectivity index (χ3n) is 4.98. The molecule has 5 heteroatoms. The molecular weight excluding hydrogens is 348 g/mol. The molecule has 1 aliphatic carbocycles. The number of nitrogens with one attached hydrogen (secondary N) is 1. The highest BCUT2D eigenvalue weighted by molar-refractivity contribution is 5.77. The van der Waals surface area contributed by atoms with Gasteiger partial charge in [-0.1, -0.05) is 19.9 Å². The zero-order valence-corrected chi connectivity index (χ0v) is 15.7. The fourth-order valence-electron chi connectivity index (χ4n) is 3.65. The van der Waals surface area contributed by atoms with Gasteiger partial charge in [0.1, 0.15) is 5.75 Å². The molecule has 1 atom stereocenters. The van der Waals surface area contributed by atoms with Gasteiger partial charge in [-0.2, -0.15) is 0 Å². The van der Waals surface area contributed by atoms with Gasteiger partial charge in [0.25, 0.3) is 0 Å². The Hall–Kier alpha value is -2.43. The van der Waals surface area contributed by atoms with E-state index in [1.165, 1.54) is 6.07 Å². The summed E-state index contributed by atoms with van der Waals surface area (Å²) >= 11 is 0. The number of amides is 1. The van der Waals surface area contributed by atoms with Crippen LogP contribution < -0.4 is 5.32 Å². The lowest BCUT2D eigenvalue weighted by Gasteiger charge is -2.24. The molecule has 0 heterocycles. The molecule has 1 unspecified atom stereocenters. The number of fused-ring (bicyclic) bond motifs is 1. The second-order valence-corrected chi connectivity index (χ2v) is 7.66. The Morgan fingerprint density at radius 2 is 1.74 bits per heavy atom. The number of hydrogen-bond acceptors (Lipinski definition) is 2. The number of hydrogen-bond donors (Lipinski definition) is 2. The van der Waals surface area contributed by atoms with Crippen molar-refractivity contribution in [2.45, 2.75) is 52.0 Å². The van der Waals surface area contributed by atoms with Crippen LogP contribution >= 0.6 is 0 Å². The van der Waals surface area contributed by atoms with Crippen molar-refractivity contribution in [3.63, 3.8) is 0 Å². The first-order valence-corrected chi connectivity index (χ1v) is 9.44. The molecule has 0 spiro atoms. The number of rotatable bonds is 5. The molecule has 2 aromatic rings. The Morgan fingerprint density at radius 1 is 1.07 bits per heavy atom. The van der Waals surface area contributed by atoms with Crippen molar-refractivity contribution in [1.29, 1.82) is 0 Å². The molecule has 3 rings (SSSR count). The summed E-state index contributed by atoms with van der Waals surface area (Å²) in [6.45, 7) is 3.87. The molecule has 1 aliphatic rings. The molecule has 1 amide bonds. The first-order valence-electron chi connectivity index (χ1n) is 9.44. The Balaban J connectivity index is 2.03. The number of benzene rings is 2. The Morgan fingerprint density at radius 3 is 2.37 bits per heavy atom. The summed E-state index contributed by atoms with van der Waals surface area (Å²) in [5.74, 6) is -1.89. The highest BCUT2D eigenvalue weighted by atomic mass is 19.2. The molecule has 144 valence electrons. The van der Waals surface area contributed by atoms with Gasteiger partial charge in [-0.3, -0.25) is 4.79 Å². The zero-order chi connectivity index (χ0) is 19.6. The van der Waals surface area contributed by atoms with Gasteiger partial charge in [-0.15, -0.1) is 0 Å². The van der Waals surface area contributed by atoms with Gasteiger partial charge < -0.3 is 10.4 Å². The number of carbonyl (C=O) groups is 1.